The second-order valence-corrected chi connectivity index (χ2v) is 9.12. The fraction of sp³-hybridized carbons (Fsp3) is 0.667. The molecule has 3 amide bonds. The molecule has 3 fully saturated rings. The summed E-state index contributed by atoms with van der Waals surface area (Å²) in [5.41, 5.74) is 0.720. The first-order valence-electron chi connectivity index (χ1n) is 10.2. The third-order valence-corrected chi connectivity index (χ3v) is 7.33. The summed E-state index contributed by atoms with van der Waals surface area (Å²) >= 11 is 0. The fourth-order valence-corrected chi connectivity index (χ4v) is 5.98. The number of piperidine rings is 1. The molecular formula is C21H31N5O2. The Labute approximate surface area is 167 Å². The summed E-state index contributed by atoms with van der Waals surface area (Å²) in [6, 6.07) is 3.56. The lowest BCUT2D eigenvalue weighted by atomic mass is 9.65. The zero-order chi connectivity index (χ0) is 19.9. The van der Waals surface area contributed by atoms with Crippen LogP contribution in [0.15, 0.2) is 24.5 Å². The molecule has 28 heavy (non-hydrogen) atoms. The highest BCUT2D eigenvalue weighted by Crippen LogP contribution is 2.62. The van der Waals surface area contributed by atoms with Crippen molar-refractivity contribution in [2.75, 3.05) is 52.6 Å². The quantitative estimate of drug-likeness (QED) is 0.847. The van der Waals surface area contributed by atoms with Crippen LogP contribution in [0.25, 0.3) is 0 Å². The Balaban J connectivity index is 1.45. The Morgan fingerprint density at radius 2 is 1.82 bits per heavy atom. The van der Waals surface area contributed by atoms with Gasteiger partial charge in [-0.1, -0.05) is 0 Å². The van der Waals surface area contributed by atoms with Crippen molar-refractivity contribution >= 4 is 17.6 Å². The number of pyridine rings is 1. The Morgan fingerprint density at radius 3 is 2.46 bits per heavy atom. The largest absolute Gasteiger partial charge is 0.348 e. The minimum atomic E-state index is -0.236. The van der Waals surface area contributed by atoms with Gasteiger partial charge in [0.15, 0.2) is 0 Å². The van der Waals surface area contributed by atoms with Crippen molar-refractivity contribution in [2.24, 2.45) is 16.7 Å². The summed E-state index contributed by atoms with van der Waals surface area (Å²) in [5, 5.41) is 2.96. The van der Waals surface area contributed by atoms with Gasteiger partial charge in [-0.05, 0) is 56.2 Å². The number of carbonyl (C=O) groups excluding carboxylic acids is 2. The van der Waals surface area contributed by atoms with Crippen LogP contribution < -0.4 is 5.32 Å². The third-order valence-electron chi connectivity index (χ3n) is 7.33. The van der Waals surface area contributed by atoms with Gasteiger partial charge in [0.05, 0.1) is 5.41 Å². The molecule has 1 spiro atoms. The van der Waals surface area contributed by atoms with Crippen molar-refractivity contribution in [1.82, 2.24) is 19.7 Å². The van der Waals surface area contributed by atoms with Crippen LogP contribution in [0.3, 0.4) is 0 Å². The highest BCUT2D eigenvalue weighted by Gasteiger charge is 2.64. The van der Waals surface area contributed by atoms with Gasteiger partial charge in [-0.15, -0.1) is 0 Å². The average Bonchev–Trinajstić information content (AvgIpc) is 3.17. The third kappa shape index (κ3) is 3.05. The van der Waals surface area contributed by atoms with Crippen molar-refractivity contribution in [3.8, 4) is 0 Å². The molecule has 2 aliphatic heterocycles. The summed E-state index contributed by atoms with van der Waals surface area (Å²) in [4.78, 5) is 35.8. The number of anilines is 1. The van der Waals surface area contributed by atoms with Crippen molar-refractivity contribution in [3.63, 3.8) is 0 Å². The smallest absolute Gasteiger partial charge is 0.321 e. The van der Waals surface area contributed by atoms with Crippen molar-refractivity contribution < 1.29 is 9.59 Å². The standard InChI is InChI=1S/C21H31N5O2/c1-24(2)18(27)21-7-6-20(17(21)14-25(3)15-21)8-12-26(13-9-20)19(28)23-16-4-10-22-11-5-16/h4-5,10-11,17H,6-9,12-15H2,1-3H3,(H,22,23,28)/t17-,21+/m1/s1. The monoisotopic (exact) mass is 385 g/mol. The highest BCUT2D eigenvalue weighted by atomic mass is 16.2. The first-order chi connectivity index (χ1) is 13.4. The van der Waals surface area contributed by atoms with Crippen molar-refractivity contribution in [3.05, 3.63) is 24.5 Å². The number of aromatic nitrogens is 1. The lowest BCUT2D eigenvalue weighted by molar-refractivity contribution is -0.141. The Bertz CT molecular complexity index is 744. The molecule has 1 aromatic rings. The SMILES string of the molecule is CN1C[C@@H]2C3(CCN(C(=O)Nc4ccncc4)CC3)CC[C@]2(C(=O)N(C)C)C1. The van der Waals surface area contributed by atoms with Crippen LogP contribution in [-0.4, -0.2) is 78.9 Å². The van der Waals surface area contributed by atoms with E-state index in [4.69, 9.17) is 0 Å². The zero-order valence-corrected chi connectivity index (χ0v) is 17.1. The van der Waals surface area contributed by atoms with E-state index in [1.54, 1.807) is 29.4 Å². The van der Waals surface area contributed by atoms with E-state index in [-0.39, 0.29) is 22.8 Å². The van der Waals surface area contributed by atoms with Gasteiger partial charge in [0.1, 0.15) is 0 Å². The lowest BCUT2D eigenvalue weighted by Gasteiger charge is -2.44. The Kier molecular flexibility index (Phi) is 4.81. The van der Waals surface area contributed by atoms with Gasteiger partial charge in [0.2, 0.25) is 5.91 Å². The summed E-state index contributed by atoms with van der Waals surface area (Å²) < 4.78 is 0. The minimum Gasteiger partial charge on any atom is -0.348 e. The van der Waals surface area contributed by atoms with Gasteiger partial charge in [-0.25, -0.2) is 4.79 Å². The summed E-state index contributed by atoms with van der Waals surface area (Å²) in [6.07, 6.45) is 7.40. The van der Waals surface area contributed by atoms with E-state index in [0.717, 1.165) is 57.5 Å². The van der Waals surface area contributed by atoms with Crippen LogP contribution in [0.1, 0.15) is 25.7 Å². The highest BCUT2D eigenvalue weighted by molar-refractivity contribution is 5.89. The van der Waals surface area contributed by atoms with Gasteiger partial charge in [0.25, 0.3) is 0 Å². The fourth-order valence-electron chi connectivity index (χ4n) is 5.98. The van der Waals surface area contributed by atoms with Crippen molar-refractivity contribution in [2.45, 2.75) is 25.7 Å². The molecular weight excluding hydrogens is 354 g/mol. The number of amides is 3. The van der Waals surface area contributed by atoms with E-state index in [1.807, 2.05) is 19.0 Å². The summed E-state index contributed by atoms with van der Waals surface area (Å²) in [6.45, 7) is 3.36. The first-order valence-corrected chi connectivity index (χ1v) is 10.2. The predicted molar refractivity (Wildman–Crippen MR) is 108 cm³/mol. The number of fused-ring (bicyclic) bond motifs is 2. The molecule has 0 unspecified atom stereocenters. The van der Waals surface area contributed by atoms with Crippen molar-refractivity contribution in [1.29, 1.82) is 0 Å². The second kappa shape index (κ2) is 7.03. The van der Waals surface area contributed by atoms with E-state index >= 15 is 0 Å². The van der Waals surface area contributed by atoms with Crippen LogP contribution >= 0.6 is 0 Å². The zero-order valence-electron chi connectivity index (χ0n) is 17.1. The normalized spacial score (nSPS) is 29.0. The molecule has 0 aromatic carbocycles. The number of urea groups is 1. The molecule has 3 heterocycles. The molecule has 2 saturated heterocycles. The molecule has 0 radical (unpaired) electrons. The first kappa shape index (κ1) is 19.2. The van der Waals surface area contributed by atoms with Crippen LogP contribution in [0.4, 0.5) is 10.5 Å². The predicted octanol–water partition coefficient (Wildman–Crippen LogP) is 2.13. The number of hydrogen-bond acceptors (Lipinski definition) is 4. The minimum absolute atomic E-state index is 0.0433. The van der Waals surface area contributed by atoms with Gasteiger partial charge in [-0.3, -0.25) is 9.78 Å². The Morgan fingerprint density at radius 1 is 1.14 bits per heavy atom. The van der Waals surface area contributed by atoms with Crippen LogP contribution in [0, 0.1) is 16.7 Å². The van der Waals surface area contributed by atoms with Crippen LogP contribution in [0.5, 0.6) is 0 Å². The Hall–Kier alpha value is -2.15. The number of carbonyl (C=O) groups is 2. The molecule has 1 N–H and O–H groups in total. The van der Waals surface area contributed by atoms with E-state index in [1.165, 1.54) is 0 Å². The maximum absolute atomic E-state index is 13.1. The molecule has 1 aromatic heterocycles. The van der Waals surface area contributed by atoms with E-state index < -0.39 is 0 Å². The van der Waals surface area contributed by atoms with Crippen LogP contribution in [-0.2, 0) is 4.79 Å². The average molecular weight is 386 g/mol. The molecule has 0 bridgehead atoms. The molecule has 1 saturated carbocycles. The lowest BCUT2D eigenvalue weighted by Crippen LogP contribution is -2.50. The van der Waals surface area contributed by atoms with Gasteiger partial charge in [0, 0.05) is 58.4 Å². The topological polar surface area (TPSA) is 68.8 Å². The van der Waals surface area contributed by atoms with Gasteiger partial charge >= 0.3 is 6.03 Å². The molecule has 152 valence electrons. The number of hydrogen-bond donors (Lipinski definition) is 1. The van der Waals surface area contributed by atoms with Crippen LogP contribution in [0.2, 0.25) is 0 Å². The number of rotatable bonds is 2. The van der Waals surface area contributed by atoms with E-state index in [9.17, 15) is 9.59 Å². The summed E-state index contributed by atoms with van der Waals surface area (Å²) in [5.74, 6) is 0.682. The van der Waals surface area contributed by atoms with Gasteiger partial charge < -0.3 is 20.0 Å². The maximum atomic E-state index is 13.1. The molecule has 7 nitrogen and oxygen atoms in total. The molecule has 2 atom stereocenters. The molecule has 3 aliphatic rings. The maximum Gasteiger partial charge on any atom is 0.321 e. The number of nitrogens with one attached hydrogen (secondary N) is 1. The second-order valence-electron chi connectivity index (χ2n) is 9.12. The summed E-state index contributed by atoms with van der Waals surface area (Å²) in [7, 11) is 5.89. The van der Waals surface area contributed by atoms with E-state index in [0.29, 0.717) is 5.92 Å². The van der Waals surface area contributed by atoms with E-state index in [2.05, 4.69) is 22.2 Å². The number of likely N-dealkylation sites (tertiary alicyclic amines) is 2. The molecule has 7 heteroatoms. The molecule has 1 aliphatic carbocycles. The molecule has 4 rings (SSSR count). The number of nitrogens with zero attached hydrogens (tertiary/aromatic N) is 4. The van der Waals surface area contributed by atoms with Gasteiger partial charge in [-0.2, -0.15) is 0 Å².